The molecule has 3 aliphatic rings. The molecule has 4 atom stereocenters. The third kappa shape index (κ3) is 4.17. The van der Waals surface area contributed by atoms with Crippen LogP contribution in [0.5, 0.6) is 0 Å². The minimum atomic E-state index is -0.328. The average molecular weight is 453 g/mol. The molecule has 170 valence electrons. The second-order valence-corrected chi connectivity index (χ2v) is 10.6. The summed E-state index contributed by atoms with van der Waals surface area (Å²) in [7, 11) is 0. The Labute approximate surface area is 194 Å². The van der Waals surface area contributed by atoms with E-state index in [0.29, 0.717) is 24.8 Å². The molecule has 1 saturated carbocycles. The second-order valence-electron chi connectivity index (χ2n) is 9.52. The first-order valence-electron chi connectivity index (χ1n) is 12.0. The predicted octanol–water partition coefficient (Wildman–Crippen LogP) is 5.16. The van der Waals surface area contributed by atoms with E-state index >= 15 is 0 Å². The molecule has 2 saturated heterocycles. The van der Waals surface area contributed by atoms with Gasteiger partial charge in [0.05, 0.1) is 6.54 Å². The van der Waals surface area contributed by atoms with Crippen LogP contribution in [0, 0.1) is 11.8 Å². The molecule has 0 bridgehead atoms. The fourth-order valence-electron chi connectivity index (χ4n) is 6.52. The Bertz CT molecular complexity index is 932. The van der Waals surface area contributed by atoms with Crippen molar-refractivity contribution in [1.29, 1.82) is 0 Å². The van der Waals surface area contributed by atoms with Crippen LogP contribution in [0.25, 0.3) is 0 Å². The Morgan fingerprint density at radius 1 is 1.12 bits per heavy atom. The topological polar surface area (TPSA) is 58.6 Å². The van der Waals surface area contributed by atoms with Crippen molar-refractivity contribution >= 4 is 23.3 Å². The monoisotopic (exact) mass is 452 g/mol. The third-order valence-corrected chi connectivity index (χ3v) is 8.72. The van der Waals surface area contributed by atoms with Gasteiger partial charge in [-0.2, -0.15) is 0 Å². The zero-order valence-electron chi connectivity index (χ0n) is 18.5. The largest absolute Gasteiger partial charge is 0.446 e. The molecule has 5 nitrogen and oxygen atoms in total. The number of rotatable bonds is 5. The zero-order valence-corrected chi connectivity index (χ0v) is 19.3. The SMILES string of the molecule is O=C(NCc1cccs1)O[C@H]1CC[C@@]23CCCN2C(=O)CCC[C@H]3[C@H]1Cc1ccccc1. The maximum Gasteiger partial charge on any atom is 0.407 e. The molecule has 6 heteroatoms. The minimum absolute atomic E-state index is 0.0413. The number of carbonyl (C=O) groups excluding carboxylic acids is 2. The van der Waals surface area contributed by atoms with Gasteiger partial charge in [0, 0.05) is 29.3 Å². The van der Waals surface area contributed by atoms with E-state index in [0.717, 1.165) is 56.4 Å². The fourth-order valence-corrected chi connectivity index (χ4v) is 7.16. The maximum atomic E-state index is 12.9. The van der Waals surface area contributed by atoms with Gasteiger partial charge in [-0.15, -0.1) is 11.3 Å². The standard InChI is InChI=1S/C26H32N2O3S/c29-24-11-4-10-22-21(17-19-7-2-1-3-8-19)23(12-14-26(22)13-6-15-28(24)26)31-25(30)27-18-20-9-5-16-32-20/h1-3,5,7-9,16,21-23H,4,6,10-15,17-18H2,(H,27,30)/t21-,22+,23+,26-/m1/s1. The first-order chi connectivity index (χ1) is 15.7. The first kappa shape index (κ1) is 21.5. The number of nitrogens with one attached hydrogen (secondary N) is 1. The average Bonchev–Trinajstić information content (AvgIpc) is 3.45. The van der Waals surface area contributed by atoms with Crippen LogP contribution >= 0.6 is 11.3 Å². The molecule has 1 spiro atoms. The zero-order chi connectivity index (χ0) is 22.0. The molecule has 1 aliphatic carbocycles. The molecule has 0 radical (unpaired) electrons. The molecule has 2 aromatic rings. The van der Waals surface area contributed by atoms with Crippen LogP contribution in [0.1, 0.15) is 55.4 Å². The lowest BCUT2D eigenvalue weighted by Gasteiger charge is -2.52. The minimum Gasteiger partial charge on any atom is -0.446 e. The molecule has 5 rings (SSSR count). The highest BCUT2D eigenvalue weighted by atomic mass is 32.1. The van der Waals surface area contributed by atoms with Gasteiger partial charge in [-0.3, -0.25) is 4.79 Å². The van der Waals surface area contributed by atoms with Crippen LogP contribution in [0.15, 0.2) is 47.8 Å². The van der Waals surface area contributed by atoms with Crippen molar-refractivity contribution < 1.29 is 14.3 Å². The van der Waals surface area contributed by atoms with Crippen LogP contribution < -0.4 is 5.32 Å². The van der Waals surface area contributed by atoms with Gasteiger partial charge in [0.15, 0.2) is 0 Å². The van der Waals surface area contributed by atoms with Crippen LogP contribution in [-0.2, 0) is 22.5 Å². The molecular weight excluding hydrogens is 420 g/mol. The summed E-state index contributed by atoms with van der Waals surface area (Å²) in [5, 5.41) is 4.95. The van der Waals surface area contributed by atoms with E-state index < -0.39 is 0 Å². The number of amides is 2. The maximum absolute atomic E-state index is 12.9. The number of ether oxygens (including phenoxy) is 1. The molecule has 32 heavy (non-hydrogen) atoms. The van der Waals surface area contributed by atoms with Gasteiger partial charge in [-0.25, -0.2) is 4.79 Å². The summed E-state index contributed by atoms with van der Waals surface area (Å²) >= 11 is 1.63. The number of carbonyl (C=O) groups is 2. The van der Waals surface area contributed by atoms with Crippen LogP contribution in [0.2, 0.25) is 0 Å². The normalized spacial score (nSPS) is 29.7. The van der Waals surface area contributed by atoms with Crippen molar-refractivity contribution in [2.24, 2.45) is 11.8 Å². The molecular formula is C26H32N2O3S. The van der Waals surface area contributed by atoms with Crippen LogP contribution in [-0.4, -0.2) is 35.1 Å². The Morgan fingerprint density at radius 3 is 2.81 bits per heavy atom. The number of nitrogens with zero attached hydrogens (tertiary/aromatic N) is 1. The van der Waals surface area contributed by atoms with Crippen molar-refractivity contribution in [3.05, 3.63) is 58.3 Å². The third-order valence-electron chi connectivity index (χ3n) is 7.84. The quantitative estimate of drug-likeness (QED) is 0.682. The molecule has 0 unspecified atom stereocenters. The summed E-state index contributed by atoms with van der Waals surface area (Å²) in [4.78, 5) is 29.0. The Hall–Kier alpha value is -2.34. The Morgan fingerprint density at radius 2 is 2.00 bits per heavy atom. The predicted molar refractivity (Wildman–Crippen MR) is 125 cm³/mol. The van der Waals surface area contributed by atoms with Crippen molar-refractivity contribution in [2.45, 2.75) is 69.6 Å². The highest BCUT2D eigenvalue weighted by Crippen LogP contribution is 2.53. The van der Waals surface area contributed by atoms with E-state index in [2.05, 4.69) is 34.5 Å². The van der Waals surface area contributed by atoms with Crippen molar-refractivity contribution in [3.8, 4) is 0 Å². The first-order valence-corrected chi connectivity index (χ1v) is 12.8. The molecule has 1 N–H and O–H groups in total. The number of alkyl carbamates (subject to hydrolysis) is 1. The molecule has 1 aromatic heterocycles. The van der Waals surface area contributed by atoms with Gasteiger partial charge < -0.3 is 15.0 Å². The van der Waals surface area contributed by atoms with E-state index in [4.69, 9.17) is 4.74 Å². The smallest absolute Gasteiger partial charge is 0.407 e. The lowest BCUT2D eigenvalue weighted by molar-refractivity contribution is -0.141. The van der Waals surface area contributed by atoms with Gasteiger partial charge >= 0.3 is 6.09 Å². The summed E-state index contributed by atoms with van der Waals surface area (Å²) in [6.45, 7) is 1.39. The molecule has 2 aliphatic heterocycles. The van der Waals surface area contributed by atoms with Crippen molar-refractivity contribution in [1.82, 2.24) is 10.2 Å². The van der Waals surface area contributed by atoms with Gasteiger partial charge in [0.2, 0.25) is 5.91 Å². The molecule has 3 fully saturated rings. The molecule has 2 amide bonds. The Kier molecular flexibility index (Phi) is 6.22. The summed E-state index contributed by atoms with van der Waals surface area (Å²) in [5.41, 5.74) is 1.24. The van der Waals surface area contributed by atoms with E-state index in [-0.39, 0.29) is 23.7 Å². The van der Waals surface area contributed by atoms with Gasteiger partial charge in [0.25, 0.3) is 0 Å². The highest BCUT2D eigenvalue weighted by molar-refractivity contribution is 7.09. The lowest BCUT2D eigenvalue weighted by atomic mass is 9.62. The number of benzene rings is 1. The van der Waals surface area contributed by atoms with Gasteiger partial charge in [0.1, 0.15) is 6.10 Å². The highest BCUT2D eigenvalue weighted by Gasteiger charge is 2.56. The van der Waals surface area contributed by atoms with Crippen molar-refractivity contribution in [2.75, 3.05) is 6.54 Å². The van der Waals surface area contributed by atoms with E-state index in [1.54, 1.807) is 11.3 Å². The van der Waals surface area contributed by atoms with E-state index in [9.17, 15) is 9.59 Å². The summed E-state index contributed by atoms with van der Waals surface area (Å²) in [6, 6.07) is 14.6. The van der Waals surface area contributed by atoms with Gasteiger partial charge in [-0.05, 0) is 67.9 Å². The number of hydrogen-bond donors (Lipinski definition) is 1. The van der Waals surface area contributed by atoms with E-state index in [1.165, 1.54) is 5.56 Å². The fraction of sp³-hybridized carbons (Fsp3) is 0.538. The summed E-state index contributed by atoms with van der Waals surface area (Å²) in [6.07, 6.45) is 7.01. The number of hydrogen-bond acceptors (Lipinski definition) is 4. The molecule has 3 heterocycles. The second kappa shape index (κ2) is 9.26. The Balaban J connectivity index is 1.38. The number of thiophene rings is 1. The van der Waals surface area contributed by atoms with Crippen molar-refractivity contribution in [3.63, 3.8) is 0 Å². The lowest BCUT2D eigenvalue weighted by Crippen LogP contribution is -2.58. The van der Waals surface area contributed by atoms with Gasteiger partial charge in [-0.1, -0.05) is 36.4 Å². The van der Waals surface area contributed by atoms with E-state index in [1.807, 2.05) is 23.6 Å². The summed E-state index contributed by atoms with van der Waals surface area (Å²) < 4.78 is 6.09. The molecule has 1 aromatic carbocycles. The summed E-state index contributed by atoms with van der Waals surface area (Å²) in [5.74, 6) is 0.933. The van der Waals surface area contributed by atoms with Crippen LogP contribution in [0.4, 0.5) is 4.79 Å². The van der Waals surface area contributed by atoms with Crippen LogP contribution in [0.3, 0.4) is 0 Å².